The number of pyridine rings is 2. The molecule has 2 aromatic heterocycles. The second-order valence-electron chi connectivity index (χ2n) is 8.09. The molecular formula is C27H25F3N4. The minimum absolute atomic E-state index is 0.113. The SMILES string of the molecule is Cc1ccccc1C(N)CCNc1ccc(-c2cccc(C(F)(F)F)c2)c(-c2ccncc2)n1. The Morgan fingerprint density at radius 3 is 2.41 bits per heavy atom. The summed E-state index contributed by atoms with van der Waals surface area (Å²) in [4.78, 5) is 8.78. The normalized spacial score (nSPS) is 12.4. The molecule has 0 spiro atoms. The van der Waals surface area contributed by atoms with Crippen LogP contribution in [0, 0.1) is 6.92 Å². The molecule has 174 valence electrons. The van der Waals surface area contributed by atoms with Gasteiger partial charge >= 0.3 is 6.18 Å². The summed E-state index contributed by atoms with van der Waals surface area (Å²) in [5.41, 5.74) is 10.3. The highest BCUT2D eigenvalue weighted by Crippen LogP contribution is 2.36. The summed E-state index contributed by atoms with van der Waals surface area (Å²) in [7, 11) is 0. The third kappa shape index (κ3) is 5.43. The first-order valence-corrected chi connectivity index (χ1v) is 11.0. The topological polar surface area (TPSA) is 63.8 Å². The van der Waals surface area contributed by atoms with Crippen LogP contribution in [0.15, 0.2) is 85.2 Å². The Morgan fingerprint density at radius 2 is 1.68 bits per heavy atom. The third-order valence-electron chi connectivity index (χ3n) is 5.70. The zero-order chi connectivity index (χ0) is 24.1. The van der Waals surface area contributed by atoms with Gasteiger partial charge in [-0.1, -0.05) is 36.4 Å². The van der Waals surface area contributed by atoms with Crippen LogP contribution in [-0.4, -0.2) is 16.5 Å². The lowest BCUT2D eigenvalue weighted by Crippen LogP contribution is -2.16. The van der Waals surface area contributed by atoms with E-state index in [9.17, 15) is 13.2 Å². The number of aromatic nitrogens is 2. The number of alkyl halides is 3. The van der Waals surface area contributed by atoms with Gasteiger partial charge in [0.05, 0.1) is 11.3 Å². The van der Waals surface area contributed by atoms with E-state index in [1.807, 2.05) is 31.2 Å². The van der Waals surface area contributed by atoms with Crippen LogP contribution in [0.5, 0.6) is 0 Å². The molecule has 0 saturated heterocycles. The molecule has 0 aliphatic rings. The lowest BCUT2D eigenvalue weighted by Gasteiger charge is -2.17. The maximum Gasteiger partial charge on any atom is 0.416 e. The molecule has 2 heterocycles. The van der Waals surface area contributed by atoms with Gasteiger partial charge in [-0.25, -0.2) is 4.98 Å². The summed E-state index contributed by atoms with van der Waals surface area (Å²) >= 11 is 0. The average Bonchev–Trinajstić information content (AvgIpc) is 2.84. The highest BCUT2D eigenvalue weighted by Gasteiger charge is 2.30. The number of rotatable bonds is 7. The molecule has 3 N–H and O–H groups in total. The van der Waals surface area contributed by atoms with Crippen molar-refractivity contribution in [3.05, 3.63) is 102 Å². The first kappa shape index (κ1) is 23.4. The van der Waals surface area contributed by atoms with Gasteiger partial charge in [0.1, 0.15) is 5.82 Å². The Balaban J connectivity index is 1.60. The van der Waals surface area contributed by atoms with E-state index in [1.54, 1.807) is 42.7 Å². The van der Waals surface area contributed by atoms with Crippen molar-refractivity contribution < 1.29 is 13.2 Å². The van der Waals surface area contributed by atoms with Crippen LogP contribution in [0.1, 0.15) is 29.2 Å². The molecule has 0 radical (unpaired) electrons. The molecule has 7 heteroatoms. The molecule has 0 aliphatic heterocycles. The van der Waals surface area contributed by atoms with Crippen molar-refractivity contribution in [1.29, 1.82) is 0 Å². The van der Waals surface area contributed by atoms with Crippen molar-refractivity contribution >= 4 is 5.82 Å². The van der Waals surface area contributed by atoms with Crippen LogP contribution >= 0.6 is 0 Å². The fourth-order valence-corrected chi connectivity index (χ4v) is 3.90. The van der Waals surface area contributed by atoms with Gasteiger partial charge < -0.3 is 11.1 Å². The van der Waals surface area contributed by atoms with E-state index in [1.165, 1.54) is 6.07 Å². The third-order valence-corrected chi connectivity index (χ3v) is 5.70. The van der Waals surface area contributed by atoms with Gasteiger partial charge in [-0.15, -0.1) is 0 Å². The van der Waals surface area contributed by atoms with E-state index in [2.05, 4.69) is 10.3 Å². The van der Waals surface area contributed by atoms with Crippen molar-refractivity contribution in [2.75, 3.05) is 11.9 Å². The van der Waals surface area contributed by atoms with Gasteiger partial charge in [0, 0.05) is 36.1 Å². The number of nitrogens with one attached hydrogen (secondary N) is 1. The Kier molecular flexibility index (Phi) is 6.93. The Morgan fingerprint density at radius 1 is 0.912 bits per heavy atom. The van der Waals surface area contributed by atoms with Gasteiger partial charge in [0.25, 0.3) is 0 Å². The molecule has 1 unspecified atom stereocenters. The standard InChI is InChI=1S/C27H25F3N4/c1-18-5-2-3-8-22(18)24(31)13-16-33-25-10-9-23(26(34-25)19-11-14-32-15-12-19)20-6-4-7-21(17-20)27(28,29)30/h2-12,14-15,17,24H,13,16,31H2,1H3,(H,33,34). The van der Waals surface area contributed by atoms with Gasteiger partial charge in [-0.2, -0.15) is 13.2 Å². The largest absolute Gasteiger partial charge is 0.416 e. The summed E-state index contributed by atoms with van der Waals surface area (Å²) in [6.45, 7) is 2.64. The van der Waals surface area contributed by atoms with E-state index in [0.29, 0.717) is 35.6 Å². The highest BCUT2D eigenvalue weighted by molar-refractivity contribution is 5.82. The van der Waals surface area contributed by atoms with E-state index < -0.39 is 11.7 Å². The second-order valence-corrected chi connectivity index (χ2v) is 8.09. The number of nitrogens with zero attached hydrogens (tertiary/aromatic N) is 2. The summed E-state index contributed by atoms with van der Waals surface area (Å²) in [6, 6.07) is 20.4. The highest BCUT2D eigenvalue weighted by atomic mass is 19.4. The molecule has 0 amide bonds. The number of nitrogens with two attached hydrogens (primary N) is 1. The van der Waals surface area contributed by atoms with Crippen molar-refractivity contribution in [2.45, 2.75) is 25.6 Å². The van der Waals surface area contributed by atoms with Crippen LogP contribution in [0.4, 0.5) is 19.0 Å². The minimum atomic E-state index is -4.42. The first-order chi connectivity index (χ1) is 16.3. The number of hydrogen-bond donors (Lipinski definition) is 2. The van der Waals surface area contributed by atoms with Crippen LogP contribution < -0.4 is 11.1 Å². The molecule has 0 bridgehead atoms. The number of aryl methyl sites for hydroxylation is 1. The number of benzene rings is 2. The fourth-order valence-electron chi connectivity index (χ4n) is 3.90. The summed E-state index contributed by atoms with van der Waals surface area (Å²) in [5.74, 6) is 0.625. The minimum Gasteiger partial charge on any atom is -0.370 e. The van der Waals surface area contributed by atoms with E-state index in [4.69, 9.17) is 10.7 Å². The predicted molar refractivity (Wildman–Crippen MR) is 129 cm³/mol. The van der Waals surface area contributed by atoms with Gasteiger partial charge in [0.15, 0.2) is 0 Å². The van der Waals surface area contributed by atoms with Crippen LogP contribution in [0.2, 0.25) is 0 Å². The fraction of sp³-hybridized carbons (Fsp3) is 0.185. The summed E-state index contributed by atoms with van der Waals surface area (Å²) in [5, 5.41) is 3.30. The van der Waals surface area contributed by atoms with Crippen molar-refractivity contribution in [3.63, 3.8) is 0 Å². The lowest BCUT2D eigenvalue weighted by molar-refractivity contribution is -0.137. The molecule has 0 saturated carbocycles. The van der Waals surface area contributed by atoms with Gasteiger partial charge in [-0.05, 0) is 66.4 Å². The quantitative estimate of drug-likeness (QED) is 0.323. The zero-order valence-corrected chi connectivity index (χ0v) is 18.7. The molecule has 34 heavy (non-hydrogen) atoms. The van der Waals surface area contributed by atoms with Crippen molar-refractivity contribution in [3.8, 4) is 22.4 Å². The van der Waals surface area contributed by atoms with Gasteiger partial charge in [0.2, 0.25) is 0 Å². The van der Waals surface area contributed by atoms with E-state index >= 15 is 0 Å². The average molecular weight is 463 g/mol. The Bertz CT molecular complexity index is 1260. The Hall–Kier alpha value is -3.71. The van der Waals surface area contributed by atoms with E-state index in [0.717, 1.165) is 28.8 Å². The Labute approximate surface area is 196 Å². The van der Waals surface area contributed by atoms with Crippen LogP contribution in [0.3, 0.4) is 0 Å². The molecular weight excluding hydrogens is 437 g/mol. The molecule has 0 fully saturated rings. The molecule has 1 atom stereocenters. The first-order valence-electron chi connectivity index (χ1n) is 11.0. The molecule has 4 rings (SSSR count). The van der Waals surface area contributed by atoms with E-state index in [-0.39, 0.29) is 6.04 Å². The molecule has 4 nitrogen and oxygen atoms in total. The molecule has 2 aromatic carbocycles. The van der Waals surface area contributed by atoms with Crippen LogP contribution in [-0.2, 0) is 6.18 Å². The van der Waals surface area contributed by atoms with Crippen LogP contribution in [0.25, 0.3) is 22.4 Å². The number of hydrogen-bond acceptors (Lipinski definition) is 4. The lowest BCUT2D eigenvalue weighted by atomic mass is 9.98. The predicted octanol–water partition coefficient (Wildman–Crippen LogP) is 6.64. The maximum atomic E-state index is 13.3. The molecule has 0 aliphatic carbocycles. The maximum absolute atomic E-state index is 13.3. The number of anilines is 1. The smallest absolute Gasteiger partial charge is 0.370 e. The number of halogens is 3. The van der Waals surface area contributed by atoms with Crippen molar-refractivity contribution in [2.24, 2.45) is 5.73 Å². The molecule has 4 aromatic rings. The summed E-state index contributed by atoms with van der Waals surface area (Å²) in [6.07, 6.45) is -0.452. The zero-order valence-electron chi connectivity index (χ0n) is 18.7. The second kappa shape index (κ2) is 10.1. The van der Waals surface area contributed by atoms with Crippen molar-refractivity contribution in [1.82, 2.24) is 9.97 Å². The summed E-state index contributed by atoms with van der Waals surface area (Å²) < 4.78 is 39.8. The van der Waals surface area contributed by atoms with Gasteiger partial charge in [-0.3, -0.25) is 4.98 Å². The monoisotopic (exact) mass is 462 g/mol.